The van der Waals surface area contributed by atoms with E-state index in [1.54, 1.807) is 13.0 Å². The molecule has 3 atom stereocenters. The maximum atomic E-state index is 10.0. The fourth-order valence-electron chi connectivity index (χ4n) is 3.77. The molecule has 2 heterocycles. The molecule has 1 aromatic rings. The predicted molar refractivity (Wildman–Crippen MR) is 83.2 cm³/mol. The molecular weight excluding hydrogens is 262 g/mol. The van der Waals surface area contributed by atoms with Gasteiger partial charge in [0.15, 0.2) is 0 Å². The normalized spacial score (nSPS) is 27.2. The van der Waals surface area contributed by atoms with Crippen molar-refractivity contribution in [2.75, 3.05) is 25.0 Å². The van der Waals surface area contributed by atoms with E-state index in [2.05, 4.69) is 22.9 Å². The Bertz CT molecular complexity index is 564. The van der Waals surface area contributed by atoms with Gasteiger partial charge < -0.3 is 10.0 Å². The Morgan fingerprint density at radius 3 is 2.76 bits per heavy atom. The van der Waals surface area contributed by atoms with Gasteiger partial charge in [0.1, 0.15) is 0 Å². The van der Waals surface area contributed by atoms with Crippen molar-refractivity contribution in [2.24, 2.45) is 0 Å². The standard InChI is InChI=1S/C17H23N3O/c1-12(21)16-6-3-13(10-18)9-17(16)20-8-7-14-4-5-15(11-20)19(14)2/h3,6,9,12,14-15,21H,4-5,7-8,11H2,1-2H3/t12-,14?,15?/m1/s1. The number of hydrogen-bond acceptors (Lipinski definition) is 4. The molecule has 0 spiro atoms. The number of hydrogen-bond donors (Lipinski definition) is 1. The van der Waals surface area contributed by atoms with E-state index in [0.29, 0.717) is 17.6 Å². The first-order chi connectivity index (χ1) is 10.1. The summed E-state index contributed by atoms with van der Waals surface area (Å²) >= 11 is 0. The van der Waals surface area contributed by atoms with Crippen LogP contribution in [0.5, 0.6) is 0 Å². The number of nitrogens with zero attached hydrogens (tertiary/aromatic N) is 3. The van der Waals surface area contributed by atoms with Gasteiger partial charge in [-0.1, -0.05) is 6.07 Å². The number of anilines is 1. The third-order valence-corrected chi connectivity index (χ3v) is 5.10. The minimum Gasteiger partial charge on any atom is -0.389 e. The number of aliphatic hydroxyl groups is 1. The second kappa shape index (κ2) is 5.67. The zero-order valence-electron chi connectivity index (χ0n) is 12.8. The second-order valence-corrected chi connectivity index (χ2v) is 6.35. The van der Waals surface area contributed by atoms with E-state index in [4.69, 9.17) is 5.26 Å². The zero-order chi connectivity index (χ0) is 15.0. The molecule has 21 heavy (non-hydrogen) atoms. The molecule has 2 saturated heterocycles. The molecule has 0 amide bonds. The van der Waals surface area contributed by atoms with Crippen LogP contribution in [0.25, 0.3) is 0 Å². The average Bonchev–Trinajstić information content (AvgIpc) is 2.71. The van der Waals surface area contributed by atoms with Crippen LogP contribution in [0, 0.1) is 11.3 Å². The largest absolute Gasteiger partial charge is 0.389 e. The number of benzene rings is 1. The van der Waals surface area contributed by atoms with E-state index in [9.17, 15) is 5.11 Å². The topological polar surface area (TPSA) is 50.5 Å². The summed E-state index contributed by atoms with van der Waals surface area (Å²) in [6, 6.07) is 9.11. The second-order valence-electron chi connectivity index (χ2n) is 6.35. The lowest BCUT2D eigenvalue weighted by Gasteiger charge is -2.30. The van der Waals surface area contributed by atoms with Gasteiger partial charge in [0, 0.05) is 36.4 Å². The van der Waals surface area contributed by atoms with Crippen LogP contribution >= 0.6 is 0 Å². The van der Waals surface area contributed by atoms with Crippen LogP contribution < -0.4 is 4.90 Å². The lowest BCUT2D eigenvalue weighted by molar-refractivity contribution is 0.199. The van der Waals surface area contributed by atoms with E-state index in [1.807, 2.05) is 12.1 Å². The Morgan fingerprint density at radius 2 is 2.05 bits per heavy atom. The molecule has 112 valence electrons. The number of fused-ring (bicyclic) bond motifs is 2. The van der Waals surface area contributed by atoms with Crippen LogP contribution in [0.2, 0.25) is 0 Å². The fourth-order valence-corrected chi connectivity index (χ4v) is 3.77. The van der Waals surface area contributed by atoms with Gasteiger partial charge >= 0.3 is 0 Å². The lowest BCUT2D eigenvalue weighted by Crippen LogP contribution is -2.37. The molecule has 2 fully saturated rings. The Morgan fingerprint density at radius 1 is 1.29 bits per heavy atom. The van der Waals surface area contributed by atoms with Crippen LogP contribution in [0.3, 0.4) is 0 Å². The number of rotatable bonds is 2. The first-order valence-corrected chi connectivity index (χ1v) is 7.79. The quantitative estimate of drug-likeness (QED) is 0.906. The van der Waals surface area contributed by atoms with Gasteiger partial charge in [-0.3, -0.25) is 4.90 Å². The Hall–Kier alpha value is -1.57. The summed E-state index contributed by atoms with van der Waals surface area (Å²) in [5.41, 5.74) is 2.62. The fraction of sp³-hybridized carbons (Fsp3) is 0.588. The Labute approximate surface area is 126 Å². The molecular formula is C17H23N3O. The van der Waals surface area contributed by atoms with Crippen molar-refractivity contribution in [3.05, 3.63) is 29.3 Å². The van der Waals surface area contributed by atoms with Crippen molar-refractivity contribution < 1.29 is 5.11 Å². The monoisotopic (exact) mass is 285 g/mol. The van der Waals surface area contributed by atoms with Crippen molar-refractivity contribution in [2.45, 2.75) is 44.4 Å². The molecule has 0 saturated carbocycles. The minimum atomic E-state index is -0.508. The number of aliphatic hydroxyl groups excluding tert-OH is 1. The van der Waals surface area contributed by atoms with E-state index < -0.39 is 6.10 Å². The minimum absolute atomic E-state index is 0.508. The highest BCUT2D eigenvalue weighted by Gasteiger charge is 2.35. The number of nitriles is 1. The van der Waals surface area contributed by atoms with Gasteiger partial charge in [0.2, 0.25) is 0 Å². The third-order valence-electron chi connectivity index (χ3n) is 5.10. The number of likely N-dealkylation sites (N-methyl/N-ethyl adjacent to an activating group) is 1. The molecule has 1 N–H and O–H groups in total. The maximum Gasteiger partial charge on any atom is 0.0992 e. The molecule has 2 aliphatic rings. The van der Waals surface area contributed by atoms with Gasteiger partial charge in [0.25, 0.3) is 0 Å². The van der Waals surface area contributed by atoms with Crippen LogP contribution in [-0.2, 0) is 0 Å². The summed E-state index contributed by atoms with van der Waals surface area (Å²) in [6.07, 6.45) is 3.20. The van der Waals surface area contributed by atoms with Crippen LogP contribution in [0.1, 0.15) is 43.4 Å². The highest BCUT2D eigenvalue weighted by atomic mass is 16.3. The summed E-state index contributed by atoms with van der Waals surface area (Å²) in [4.78, 5) is 4.87. The summed E-state index contributed by atoms with van der Waals surface area (Å²) in [7, 11) is 2.23. The van der Waals surface area contributed by atoms with Crippen molar-refractivity contribution in [3.8, 4) is 6.07 Å². The maximum absolute atomic E-state index is 10.0. The van der Waals surface area contributed by atoms with E-state index in [-0.39, 0.29) is 0 Å². The first-order valence-electron chi connectivity index (χ1n) is 7.79. The van der Waals surface area contributed by atoms with E-state index in [1.165, 1.54) is 12.8 Å². The average molecular weight is 285 g/mol. The molecule has 0 radical (unpaired) electrons. The SMILES string of the molecule is C[C@@H](O)c1ccc(C#N)cc1N1CCC2CCC(C1)N2C. The Kier molecular flexibility index (Phi) is 3.88. The third kappa shape index (κ3) is 2.64. The van der Waals surface area contributed by atoms with Crippen LogP contribution in [0.15, 0.2) is 18.2 Å². The molecule has 4 nitrogen and oxygen atoms in total. The van der Waals surface area contributed by atoms with Gasteiger partial charge in [-0.2, -0.15) is 5.26 Å². The van der Waals surface area contributed by atoms with Crippen LogP contribution in [0.4, 0.5) is 5.69 Å². The molecule has 2 aliphatic heterocycles. The molecule has 3 rings (SSSR count). The van der Waals surface area contributed by atoms with Crippen LogP contribution in [-0.4, -0.2) is 42.2 Å². The molecule has 2 bridgehead atoms. The smallest absolute Gasteiger partial charge is 0.0992 e. The Balaban J connectivity index is 1.94. The highest BCUT2D eigenvalue weighted by Crippen LogP contribution is 2.34. The van der Waals surface area contributed by atoms with Gasteiger partial charge in [-0.05, 0) is 45.4 Å². The summed E-state index contributed by atoms with van der Waals surface area (Å²) in [5.74, 6) is 0. The lowest BCUT2D eigenvalue weighted by atomic mass is 10.0. The van der Waals surface area contributed by atoms with Gasteiger partial charge in [-0.15, -0.1) is 0 Å². The summed E-state index contributed by atoms with van der Waals surface area (Å²) < 4.78 is 0. The molecule has 0 aromatic heterocycles. The van der Waals surface area contributed by atoms with E-state index in [0.717, 1.165) is 30.8 Å². The van der Waals surface area contributed by atoms with Gasteiger partial charge in [0.05, 0.1) is 17.7 Å². The summed E-state index contributed by atoms with van der Waals surface area (Å²) in [5, 5.41) is 19.2. The van der Waals surface area contributed by atoms with Crippen molar-refractivity contribution >= 4 is 5.69 Å². The van der Waals surface area contributed by atoms with Crippen molar-refractivity contribution in [1.29, 1.82) is 5.26 Å². The molecule has 0 aliphatic carbocycles. The summed E-state index contributed by atoms with van der Waals surface area (Å²) in [6.45, 7) is 3.78. The van der Waals surface area contributed by atoms with Gasteiger partial charge in [-0.25, -0.2) is 0 Å². The van der Waals surface area contributed by atoms with Crippen molar-refractivity contribution in [1.82, 2.24) is 4.90 Å². The zero-order valence-corrected chi connectivity index (χ0v) is 12.8. The van der Waals surface area contributed by atoms with Crippen molar-refractivity contribution in [3.63, 3.8) is 0 Å². The van der Waals surface area contributed by atoms with E-state index >= 15 is 0 Å². The molecule has 4 heteroatoms. The predicted octanol–water partition coefficient (Wildman–Crippen LogP) is 2.28. The molecule has 1 aromatic carbocycles. The molecule has 2 unspecified atom stereocenters. The highest BCUT2D eigenvalue weighted by molar-refractivity contribution is 5.59. The first kappa shape index (κ1) is 14.4.